The van der Waals surface area contributed by atoms with Gasteiger partial charge < -0.3 is 0 Å². The van der Waals surface area contributed by atoms with Crippen molar-refractivity contribution in [3.05, 3.63) is 138 Å². The molecular weight excluding hydrogens is 422 g/mol. The summed E-state index contributed by atoms with van der Waals surface area (Å²) in [6.45, 7) is 0. The molecule has 0 fully saturated rings. The zero-order chi connectivity index (χ0) is 23.5. The van der Waals surface area contributed by atoms with E-state index >= 15 is 0 Å². The van der Waals surface area contributed by atoms with Crippen LogP contribution in [0.4, 0.5) is 0 Å². The van der Waals surface area contributed by atoms with Gasteiger partial charge in [-0.3, -0.25) is 4.98 Å². The molecule has 1 unspecified atom stereocenters. The van der Waals surface area contributed by atoms with Crippen molar-refractivity contribution in [2.45, 2.75) is 31.6 Å². The van der Waals surface area contributed by atoms with Gasteiger partial charge in [-0.05, 0) is 82.0 Å². The molecule has 0 amide bonds. The second-order valence-corrected chi connectivity index (χ2v) is 9.49. The van der Waals surface area contributed by atoms with Crippen LogP contribution in [-0.2, 0) is 12.8 Å². The van der Waals surface area contributed by atoms with Crippen LogP contribution in [0.3, 0.4) is 0 Å². The molecule has 0 radical (unpaired) electrons. The lowest BCUT2D eigenvalue weighted by Crippen LogP contribution is -2.12. The molecule has 1 heterocycles. The first-order valence-corrected chi connectivity index (χ1v) is 12.6. The maximum atomic E-state index is 4.18. The highest BCUT2D eigenvalue weighted by Crippen LogP contribution is 2.39. The summed E-state index contributed by atoms with van der Waals surface area (Å²) in [6, 6.07) is 41.2. The number of aromatic nitrogens is 1. The van der Waals surface area contributed by atoms with Crippen LogP contribution >= 0.6 is 0 Å². The maximum absolute atomic E-state index is 4.18. The number of pyridine rings is 1. The van der Waals surface area contributed by atoms with Gasteiger partial charge in [0.1, 0.15) is 0 Å². The number of rotatable bonds is 2. The summed E-state index contributed by atoms with van der Waals surface area (Å²) in [5, 5.41) is 6.80. The lowest BCUT2D eigenvalue weighted by atomic mass is 9.77. The van der Waals surface area contributed by atoms with E-state index in [4.69, 9.17) is 0 Å². The zero-order valence-corrected chi connectivity index (χ0v) is 19.9. The van der Waals surface area contributed by atoms with Crippen LogP contribution in [-0.4, -0.2) is 4.98 Å². The molecule has 1 aromatic heterocycles. The highest BCUT2D eigenvalue weighted by atomic mass is 14.6. The van der Waals surface area contributed by atoms with Crippen molar-refractivity contribution in [3.8, 4) is 0 Å². The number of hydrogen-bond acceptors (Lipinski definition) is 1. The van der Waals surface area contributed by atoms with E-state index in [1.54, 1.807) is 11.1 Å². The van der Waals surface area contributed by atoms with Crippen molar-refractivity contribution in [1.82, 2.24) is 4.98 Å². The van der Waals surface area contributed by atoms with E-state index in [1.165, 1.54) is 51.8 Å². The molecule has 7 rings (SSSR count). The number of para-hydroxylation sites is 1. The number of fused-ring (bicyclic) bond motifs is 6. The molecule has 1 aliphatic rings. The van der Waals surface area contributed by atoms with Gasteiger partial charge in [0, 0.05) is 11.6 Å². The summed E-state index contributed by atoms with van der Waals surface area (Å²) in [7, 11) is 0. The van der Waals surface area contributed by atoms with Crippen molar-refractivity contribution in [2.75, 3.05) is 0 Å². The Balaban J connectivity index is 0.000000191. The summed E-state index contributed by atoms with van der Waals surface area (Å²) in [4.78, 5) is 4.18. The Bertz CT molecular complexity index is 1530. The van der Waals surface area contributed by atoms with Crippen molar-refractivity contribution in [3.63, 3.8) is 0 Å². The molecule has 0 aliphatic heterocycles. The molecule has 5 aromatic carbocycles. The summed E-state index contributed by atoms with van der Waals surface area (Å²) >= 11 is 0. The molecule has 0 saturated heterocycles. The number of nitrogens with zero attached hydrogens (tertiary/aromatic N) is 1. The first kappa shape index (κ1) is 21.6. The molecular formula is C34H29N. The van der Waals surface area contributed by atoms with Gasteiger partial charge in [0.05, 0.1) is 5.52 Å². The SMILES string of the molecule is c1ccc(CC2CCCc3c2ccc2c3ccc3ccccc32)cc1.c1ccc2ncccc2c1. The molecule has 0 bridgehead atoms. The molecule has 0 spiro atoms. The molecule has 0 N–H and O–H groups in total. The molecule has 35 heavy (non-hydrogen) atoms. The van der Waals surface area contributed by atoms with E-state index in [2.05, 4.69) is 96.0 Å². The predicted molar refractivity (Wildman–Crippen MR) is 149 cm³/mol. The Hall–Kier alpha value is -3.97. The summed E-state index contributed by atoms with van der Waals surface area (Å²) < 4.78 is 0. The number of hydrogen-bond donors (Lipinski definition) is 0. The summed E-state index contributed by atoms with van der Waals surface area (Å²) in [6.07, 6.45) is 6.79. The third-order valence-electron chi connectivity index (χ3n) is 7.33. The Morgan fingerprint density at radius 3 is 2.23 bits per heavy atom. The molecule has 1 nitrogen and oxygen atoms in total. The number of aryl methyl sites for hydroxylation is 1. The van der Waals surface area contributed by atoms with Gasteiger partial charge in [-0.25, -0.2) is 0 Å². The fourth-order valence-corrected chi connectivity index (χ4v) is 5.64. The van der Waals surface area contributed by atoms with E-state index < -0.39 is 0 Å². The zero-order valence-electron chi connectivity index (χ0n) is 19.9. The first-order chi connectivity index (χ1) is 17.4. The third kappa shape index (κ3) is 4.42. The van der Waals surface area contributed by atoms with Crippen molar-refractivity contribution in [1.29, 1.82) is 0 Å². The highest BCUT2D eigenvalue weighted by molar-refractivity contribution is 6.08. The normalized spacial score (nSPS) is 14.9. The Kier molecular flexibility index (Phi) is 5.99. The quantitative estimate of drug-likeness (QED) is 0.240. The van der Waals surface area contributed by atoms with Gasteiger partial charge in [0.15, 0.2) is 0 Å². The van der Waals surface area contributed by atoms with Gasteiger partial charge >= 0.3 is 0 Å². The molecule has 0 saturated carbocycles. The average molecular weight is 452 g/mol. The van der Waals surface area contributed by atoms with Crippen LogP contribution in [0.1, 0.15) is 35.4 Å². The van der Waals surface area contributed by atoms with E-state index in [9.17, 15) is 0 Å². The molecule has 170 valence electrons. The first-order valence-electron chi connectivity index (χ1n) is 12.6. The Labute approximate surface area is 207 Å². The Morgan fingerprint density at radius 2 is 1.34 bits per heavy atom. The minimum atomic E-state index is 0.655. The largest absolute Gasteiger partial charge is 0.256 e. The van der Waals surface area contributed by atoms with Crippen LogP contribution in [0.25, 0.3) is 32.4 Å². The number of benzene rings is 5. The fraction of sp³-hybridized carbons (Fsp3) is 0.147. The molecule has 1 heteroatoms. The second kappa shape index (κ2) is 9.72. The predicted octanol–water partition coefficient (Wildman–Crippen LogP) is 8.89. The van der Waals surface area contributed by atoms with Crippen molar-refractivity contribution >= 4 is 32.4 Å². The van der Waals surface area contributed by atoms with Crippen LogP contribution in [0.5, 0.6) is 0 Å². The minimum Gasteiger partial charge on any atom is -0.256 e. The third-order valence-corrected chi connectivity index (χ3v) is 7.33. The summed E-state index contributed by atoms with van der Waals surface area (Å²) in [5.74, 6) is 0.655. The molecule has 1 atom stereocenters. The standard InChI is InChI=1S/C25H22.C9H7N/c1-2-7-18(8-3-1)17-20-10-6-12-23-22(20)15-16-24-21-11-5-4-9-19(21)13-14-25(23)24;1-2-6-9-8(4-1)5-3-7-10-9/h1-5,7-9,11,13-16,20H,6,10,12,17H2;1-7H. The monoisotopic (exact) mass is 451 g/mol. The lowest BCUT2D eigenvalue weighted by molar-refractivity contribution is 0.553. The smallest absolute Gasteiger partial charge is 0.0701 e. The highest BCUT2D eigenvalue weighted by Gasteiger charge is 2.22. The van der Waals surface area contributed by atoms with Crippen LogP contribution < -0.4 is 0 Å². The van der Waals surface area contributed by atoms with Gasteiger partial charge in [0.2, 0.25) is 0 Å². The topological polar surface area (TPSA) is 12.9 Å². The van der Waals surface area contributed by atoms with Gasteiger partial charge in [0.25, 0.3) is 0 Å². The van der Waals surface area contributed by atoms with E-state index in [0.29, 0.717) is 5.92 Å². The van der Waals surface area contributed by atoms with E-state index in [-0.39, 0.29) is 0 Å². The van der Waals surface area contributed by atoms with Gasteiger partial charge in [-0.15, -0.1) is 0 Å². The van der Waals surface area contributed by atoms with Gasteiger partial charge in [-0.1, -0.05) is 103 Å². The second-order valence-electron chi connectivity index (χ2n) is 9.49. The van der Waals surface area contributed by atoms with E-state index in [1.807, 2.05) is 30.5 Å². The van der Waals surface area contributed by atoms with E-state index in [0.717, 1.165) is 11.9 Å². The summed E-state index contributed by atoms with van der Waals surface area (Å²) in [5.41, 5.74) is 5.69. The van der Waals surface area contributed by atoms with Gasteiger partial charge in [-0.2, -0.15) is 0 Å². The molecule has 1 aliphatic carbocycles. The van der Waals surface area contributed by atoms with Crippen LogP contribution in [0.15, 0.2) is 121 Å². The average Bonchev–Trinajstić information content (AvgIpc) is 2.94. The van der Waals surface area contributed by atoms with Crippen molar-refractivity contribution < 1.29 is 0 Å². The lowest BCUT2D eigenvalue weighted by Gasteiger charge is -2.27. The van der Waals surface area contributed by atoms with Crippen LogP contribution in [0.2, 0.25) is 0 Å². The van der Waals surface area contributed by atoms with Crippen LogP contribution in [0, 0.1) is 0 Å². The minimum absolute atomic E-state index is 0.655. The maximum Gasteiger partial charge on any atom is 0.0701 e. The molecule has 6 aromatic rings. The fourth-order valence-electron chi connectivity index (χ4n) is 5.64. The van der Waals surface area contributed by atoms with Crippen molar-refractivity contribution in [2.24, 2.45) is 0 Å². The Morgan fingerprint density at radius 1 is 0.600 bits per heavy atom.